The summed E-state index contributed by atoms with van der Waals surface area (Å²) in [4.78, 5) is 70.1. The van der Waals surface area contributed by atoms with Gasteiger partial charge in [-0.05, 0) is 55.7 Å². The van der Waals surface area contributed by atoms with Crippen molar-refractivity contribution in [1.29, 1.82) is 0 Å². The minimum absolute atomic E-state index is 0.0603. The van der Waals surface area contributed by atoms with E-state index in [0.29, 0.717) is 46.3 Å². The largest absolute Gasteiger partial charge is 0.481 e. The highest BCUT2D eigenvalue weighted by Gasteiger charge is 2.32. The molecule has 6 N–H and O–H groups in total. The molecule has 2 aromatic carbocycles. The number of nitrogens with one attached hydrogen (secondary N) is 2. The van der Waals surface area contributed by atoms with Crippen molar-refractivity contribution in [3.8, 4) is 23.1 Å². The summed E-state index contributed by atoms with van der Waals surface area (Å²) in [6.45, 7) is 0.367. The molecule has 5 rings (SSSR count). The first kappa shape index (κ1) is 32.6. The number of likely N-dealkylation sites (tertiary alicyclic amines) is 1. The van der Waals surface area contributed by atoms with Crippen molar-refractivity contribution in [3.05, 3.63) is 88.1 Å². The fraction of sp³-hybridized carbons (Fsp3) is 0.182. The molecule has 0 spiro atoms. The van der Waals surface area contributed by atoms with E-state index in [2.05, 4.69) is 32.6 Å². The molecule has 47 heavy (non-hydrogen) atoms. The number of carboxylic acids is 2. The number of rotatable bonds is 7. The van der Waals surface area contributed by atoms with E-state index >= 15 is 0 Å². The highest BCUT2D eigenvalue weighted by atomic mass is 35.5. The van der Waals surface area contributed by atoms with E-state index in [0.717, 1.165) is 12.8 Å². The average molecular weight is 655 g/mol. The highest BCUT2D eigenvalue weighted by molar-refractivity contribution is 6.32. The maximum atomic E-state index is 13.0. The van der Waals surface area contributed by atoms with E-state index in [1.165, 1.54) is 23.2 Å². The van der Waals surface area contributed by atoms with Crippen molar-refractivity contribution < 1.29 is 34.2 Å². The SMILES string of the molecule is NNC(=O)c1cc(-c2ccc(C#Cc3ccc(C(=O)N4CCCC[C@H]4C(=O)O)cc3Cl)cc2)nc2cc(NC(=O)CC(=O)O)ncc12. The molecule has 3 amide bonds. The van der Waals surface area contributed by atoms with E-state index in [-0.39, 0.29) is 27.9 Å². The molecular weight excluding hydrogens is 628 g/mol. The molecule has 0 unspecified atom stereocenters. The molecule has 0 bridgehead atoms. The molecule has 0 saturated carbocycles. The molecule has 14 heteroatoms. The standard InChI is InChI=1S/C33H27ClN6O7/c34-24-13-21(32(45)40-12-2-1-3-27(40)33(46)47)11-10-19(24)7-4-18-5-8-20(9-6-18)25-14-22(31(44)39-35)23-17-36-28(15-26(23)37-25)38-29(41)16-30(42)43/h5-6,8-11,13-15,17,27H,1-3,12,16,35H2,(H,39,44)(H,42,43)(H,46,47)(H,36,38,41)/t27-/m0/s1. The third kappa shape index (κ3) is 7.52. The van der Waals surface area contributed by atoms with E-state index in [4.69, 9.17) is 22.6 Å². The topological polar surface area (TPSA) is 205 Å². The van der Waals surface area contributed by atoms with Gasteiger partial charge in [0.05, 0.1) is 21.8 Å². The van der Waals surface area contributed by atoms with Gasteiger partial charge in [-0.2, -0.15) is 0 Å². The quantitative estimate of drug-likeness (QED) is 0.0645. The smallest absolute Gasteiger partial charge is 0.326 e. The number of anilines is 1. The van der Waals surface area contributed by atoms with Crippen molar-refractivity contribution in [2.75, 3.05) is 11.9 Å². The summed E-state index contributed by atoms with van der Waals surface area (Å²) in [6, 6.07) is 13.8. The van der Waals surface area contributed by atoms with Gasteiger partial charge in [0.2, 0.25) is 5.91 Å². The van der Waals surface area contributed by atoms with Crippen molar-refractivity contribution in [2.24, 2.45) is 5.84 Å². The van der Waals surface area contributed by atoms with E-state index in [9.17, 15) is 29.1 Å². The second-order valence-corrected chi connectivity index (χ2v) is 11.0. The molecule has 1 aliphatic rings. The second kappa shape index (κ2) is 14.1. The molecule has 1 saturated heterocycles. The predicted molar refractivity (Wildman–Crippen MR) is 171 cm³/mol. The highest BCUT2D eigenvalue weighted by Crippen LogP contribution is 2.27. The minimum atomic E-state index is -1.29. The summed E-state index contributed by atoms with van der Waals surface area (Å²) in [5.74, 6) is 7.40. The number of halogens is 1. The minimum Gasteiger partial charge on any atom is -0.481 e. The van der Waals surface area contributed by atoms with E-state index in [1.807, 2.05) is 0 Å². The molecular formula is C33H27ClN6O7. The molecule has 0 aliphatic carbocycles. The zero-order valence-electron chi connectivity index (χ0n) is 24.6. The van der Waals surface area contributed by atoms with Crippen LogP contribution in [0.3, 0.4) is 0 Å². The Morgan fingerprint density at radius 1 is 1.00 bits per heavy atom. The number of hydrogen-bond donors (Lipinski definition) is 5. The van der Waals surface area contributed by atoms with E-state index in [1.54, 1.807) is 42.5 Å². The van der Waals surface area contributed by atoms with Crippen molar-refractivity contribution in [1.82, 2.24) is 20.3 Å². The molecule has 0 radical (unpaired) electrons. The van der Waals surface area contributed by atoms with Crippen LogP contribution < -0.4 is 16.6 Å². The van der Waals surface area contributed by atoms with Crippen LogP contribution in [0.25, 0.3) is 22.2 Å². The third-order valence-corrected chi connectivity index (χ3v) is 7.75. The van der Waals surface area contributed by atoms with Crippen LogP contribution in [-0.2, 0) is 14.4 Å². The van der Waals surface area contributed by atoms with Crippen LogP contribution in [0.15, 0.2) is 60.8 Å². The number of fused-ring (bicyclic) bond motifs is 1. The Morgan fingerprint density at radius 3 is 2.45 bits per heavy atom. The number of carboxylic acid groups (broad SMARTS) is 2. The first-order valence-electron chi connectivity index (χ1n) is 14.3. The van der Waals surface area contributed by atoms with Crippen molar-refractivity contribution in [2.45, 2.75) is 31.7 Å². The van der Waals surface area contributed by atoms with Gasteiger partial charge in [0, 0.05) is 46.4 Å². The Kier molecular flexibility index (Phi) is 9.74. The molecule has 1 atom stereocenters. The number of aliphatic carboxylic acids is 2. The normalized spacial score (nSPS) is 14.1. The molecule has 4 aromatic rings. The van der Waals surface area contributed by atoms with Crippen LogP contribution in [0.2, 0.25) is 5.02 Å². The zero-order valence-corrected chi connectivity index (χ0v) is 25.4. The summed E-state index contributed by atoms with van der Waals surface area (Å²) in [5, 5.41) is 21.4. The molecule has 3 heterocycles. The van der Waals surface area contributed by atoms with Gasteiger partial charge in [-0.3, -0.25) is 24.6 Å². The lowest BCUT2D eigenvalue weighted by Crippen LogP contribution is -2.47. The van der Waals surface area contributed by atoms with Crippen LogP contribution in [0.5, 0.6) is 0 Å². The fourth-order valence-corrected chi connectivity index (χ4v) is 5.37. The number of carbonyl (C=O) groups is 5. The van der Waals surface area contributed by atoms with Gasteiger partial charge in [0.25, 0.3) is 11.8 Å². The fourth-order valence-electron chi connectivity index (χ4n) is 5.14. The van der Waals surface area contributed by atoms with Gasteiger partial charge in [0.15, 0.2) is 0 Å². The van der Waals surface area contributed by atoms with Gasteiger partial charge < -0.3 is 20.4 Å². The number of piperidine rings is 1. The Labute approximate surface area is 272 Å². The summed E-state index contributed by atoms with van der Waals surface area (Å²) in [7, 11) is 0. The molecule has 13 nitrogen and oxygen atoms in total. The number of pyridine rings is 2. The molecule has 2 aromatic heterocycles. The van der Waals surface area contributed by atoms with Gasteiger partial charge >= 0.3 is 11.9 Å². The Bertz CT molecular complexity index is 1990. The monoisotopic (exact) mass is 654 g/mol. The first-order chi connectivity index (χ1) is 22.5. The van der Waals surface area contributed by atoms with Crippen molar-refractivity contribution >= 4 is 58.0 Å². The lowest BCUT2D eigenvalue weighted by atomic mass is 10.0. The average Bonchev–Trinajstić information content (AvgIpc) is 3.06. The van der Waals surface area contributed by atoms with Crippen LogP contribution in [0.1, 0.15) is 57.5 Å². The van der Waals surface area contributed by atoms with Gasteiger partial charge in [-0.1, -0.05) is 35.6 Å². The Balaban J connectivity index is 1.37. The lowest BCUT2D eigenvalue weighted by molar-refractivity contribution is -0.143. The summed E-state index contributed by atoms with van der Waals surface area (Å²) in [5.41, 5.74) is 5.03. The summed E-state index contributed by atoms with van der Waals surface area (Å²) >= 11 is 6.45. The van der Waals surface area contributed by atoms with Crippen LogP contribution >= 0.6 is 11.6 Å². The number of aromatic nitrogens is 2. The number of hydrogen-bond acceptors (Lipinski definition) is 8. The number of carbonyl (C=O) groups excluding carboxylic acids is 3. The van der Waals surface area contributed by atoms with Gasteiger partial charge in [0.1, 0.15) is 18.3 Å². The zero-order chi connectivity index (χ0) is 33.7. The summed E-state index contributed by atoms with van der Waals surface area (Å²) < 4.78 is 0. The number of nitrogens with two attached hydrogens (primary N) is 1. The maximum absolute atomic E-state index is 13.0. The number of amides is 3. The van der Waals surface area contributed by atoms with Crippen LogP contribution in [0, 0.1) is 11.8 Å². The van der Waals surface area contributed by atoms with Crippen LogP contribution in [-0.4, -0.2) is 67.3 Å². The number of nitrogen functional groups attached to an aromatic ring is 1. The number of benzene rings is 2. The molecule has 1 fully saturated rings. The Morgan fingerprint density at radius 2 is 1.77 bits per heavy atom. The number of nitrogens with zero attached hydrogens (tertiary/aromatic N) is 3. The lowest BCUT2D eigenvalue weighted by Gasteiger charge is -2.33. The second-order valence-electron chi connectivity index (χ2n) is 10.6. The predicted octanol–water partition coefficient (Wildman–Crippen LogP) is 3.45. The summed E-state index contributed by atoms with van der Waals surface area (Å²) in [6.07, 6.45) is 2.49. The van der Waals surface area contributed by atoms with Crippen LogP contribution in [0.4, 0.5) is 5.82 Å². The first-order valence-corrected chi connectivity index (χ1v) is 14.7. The van der Waals surface area contributed by atoms with E-state index < -0.39 is 36.2 Å². The maximum Gasteiger partial charge on any atom is 0.326 e. The molecule has 1 aliphatic heterocycles. The van der Waals surface area contributed by atoms with Crippen molar-refractivity contribution in [3.63, 3.8) is 0 Å². The number of hydrazine groups is 1. The van der Waals surface area contributed by atoms with Gasteiger partial charge in [-0.25, -0.2) is 20.6 Å². The third-order valence-electron chi connectivity index (χ3n) is 7.44. The Hall–Kier alpha value is -5.84. The van der Waals surface area contributed by atoms with Gasteiger partial charge in [-0.15, -0.1) is 0 Å². The molecule has 238 valence electrons.